The van der Waals surface area contributed by atoms with Crippen LogP contribution in [0, 0.1) is 11.7 Å². The molecule has 2 aromatic heterocycles. The molecule has 0 fully saturated rings. The number of aromatic nitrogens is 3. The number of aliphatic hydroxyl groups is 1. The summed E-state index contributed by atoms with van der Waals surface area (Å²) in [6, 6.07) is 10.1. The molecular weight excluding hydrogens is 401 g/mol. The molecule has 0 unspecified atom stereocenters. The summed E-state index contributed by atoms with van der Waals surface area (Å²) in [5.41, 5.74) is -0.788. The standard InChI is InChI=1S/C23H24FN3O4/c1-14(23(2,3)30)10-20(28)18-12-19(15-8-9-21(31-4)25-13-15)26-27(22(18)29)17-7-5-6-16(24)11-17/h5-9,11-14,30H,10H2,1-4H3/t14-/m0/s1. The Morgan fingerprint density at radius 1 is 1.26 bits per heavy atom. The van der Waals surface area contributed by atoms with Gasteiger partial charge in [0.2, 0.25) is 5.88 Å². The smallest absolute Gasteiger partial charge is 0.282 e. The predicted octanol–water partition coefficient (Wildman–Crippen LogP) is 3.42. The SMILES string of the molecule is COc1ccc(-c2cc(C(=O)C[C@H](C)C(C)(C)O)c(=O)n(-c3cccc(F)c3)n2)cn1. The first kappa shape index (κ1) is 22.3. The Bertz CT molecular complexity index is 1150. The molecule has 8 heteroatoms. The van der Waals surface area contributed by atoms with E-state index in [-0.39, 0.29) is 23.6 Å². The number of hydrogen-bond acceptors (Lipinski definition) is 6. The minimum atomic E-state index is -1.09. The second-order valence-corrected chi connectivity index (χ2v) is 7.91. The molecule has 0 amide bonds. The largest absolute Gasteiger partial charge is 0.481 e. The van der Waals surface area contributed by atoms with Gasteiger partial charge in [0.25, 0.3) is 5.56 Å². The Morgan fingerprint density at radius 3 is 2.58 bits per heavy atom. The molecule has 0 bridgehead atoms. The minimum Gasteiger partial charge on any atom is -0.481 e. The number of hydrogen-bond donors (Lipinski definition) is 1. The van der Waals surface area contributed by atoms with Crippen molar-refractivity contribution in [3.63, 3.8) is 0 Å². The number of nitrogens with zero attached hydrogens (tertiary/aromatic N) is 3. The second kappa shape index (κ2) is 8.77. The first-order chi connectivity index (χ1) is 14.6. The van der Waals surface area contributed by atoms with Gasteiger partial charge in [-0.1, -0.05) is 13.0 Å². The van der Waals surface area contributed by atoms with Gasteiger partial charge in [0.15, 0.2) is 5.78 Å². The van der Waals surface area contributed by atoms with Gasteiger partial charge >= 0.3 is 0 Å². The summed E-state index contributed by atoms with van der Waals surface area (Å²) in [4.78, 5) is 30.2. The Hall–Kier alpha value is -3.39. The molecule has 0 saturated carbocycles. The second-order valence-electron chi connectivity index (χ2n) is 7.91. The molecular formula is C23H24FN3O4. The molecule has 3 aromatic rings. The number of rotatable bonds is 7. The average Bonchev–Trinajstić information content (AvgIpc) is 2.73. The molecule has 1 N–H and O–H groups in total. The molecule has 0 aliphatic heterocycles. The van der Waals surface area contributed by atoms with Gasteiger partial charge in [0.1, 0.15) is 5.82 Å². The zero-order chi connectivity index (χ0) is 22.8. The van der Waals surface area contributed by atoms with E-state index in [0.717, 1.165) is 10.7 Å². The lowest BCUT2D eigenvalue weighted by atomic mass is 9.87. The molecule has 31 heavy (non-hydrogen) atoms. The van der Waals surface area contributed by atoms with Crippen molar-refractivity contribution in [1.29, 1.82) is 0 Å². The summed E-state index contributed by atoms with van der Waals surface area (Å²) >= 11 is 0. The molecule has 3 rings (SSSR count). The van der Waals surface area contributed by atoms with Gasteiger partial charge in [-0.25, -0.2) is 9.37 Å². The van der Waals surface area contributed by atoms with E-state index in [9.17, 15) is 19.1 Å². The summed E-state index contributed by atoms with van der Waals surface area (Å²) in [5, 5.41) is 14.5. The maximum Gasteiger partial charge on any atom is 0.282 e. The molecule has 0 saturated heterocycles. The molecule has 0 radical (unpaired) electrons. The topological polar surface area (TPSA) is 94.3 Å². The highest BCUT2D eigenvalue weighted by Gasteiger charge is 2.27. The van der Waals surface area contributed by atoms with Gasteiger partial charge in [0, 0.05) is 24.2 Å². The van der Waals surface area contributed by atoms with Crippen molar-refractivity contribution >= 4 is 5.78 Å². The average molecular weight is 425 g/mol. The molecule has 7 nitrogen and oxygen atoms in total. The molecule has 0 aliphatic rings. The van der Waals surface area contributed by atoms with E-state index >= 15 is 0 Å². The maximum absolute atomic E-state index is 13.8. The third-order valence-corrected chi connectivity index (χ3v) is 5.20. The van der Waals surface area contributed by atoms with Crippen LogP contribution in [0.5, 0.6) is 5.88 Å². The lowest BCUT2D eigenvalue weighted by Crippen LogP contribution is -2.33. The molecule has 0 spiro atoms. The Kier molecular flexibility index (Phi) is 6.31. The number of carbonyl (C=O) groups is 1. The summed E-state index contributed by atoms with van der Waals surface area (Å²) in [5.74, 6) is -0.958. The zero-order valence-corrected chi connectivity index (χ0v) is 17.8. The van der Waals surface area contributed by atoms with Gasteiger partial charge in [-0.15, -0.1) is 0 Å². The molecule has 162 valence electrons. The predicted molar refractivity (Wildman–Crippen MR) is 114 cm³/mol. The third-order valence-electron chi connectivity index (χ3n) is 5.20. The van der Waals surface area contributed by atoms with Crippen LogP contribution in [-0.2, 0) is 0 Å². The maximum atomic E-state index is 13.8. The lowest BCUT2D eigenvalue weighted by Gasteiger charge is -2.25. The highest BCUT2D eigenvalue weighted by atomic mass is 19.1. The Balaban J connectivity index is 2.16. The minimum absolute atomic E-state index is 0.0355. The van der Waals surface area contributed by atoms with Gasteiger partial charge in [-0.3, -0.25) is 9.59 Å². The number of pyridine rings is 1. The van der Waals surface area contributed by atoms with Gasteiger partial charge in [-0.05, 0) is 50.1 Å². The quantitative estimate of drug-likeness (QED) is 0.583. The number of carbonyl (C=O) groups excluding carboxylic acids is 1. The van der Waals surface area contributed by atoms with Crippen molar-refractivity contribution < 1.29 is 19.0 Å². The van der Waals surface area contributed by atoms with Crippen molar-refractivity contribution in [3.05, 3.63) is 70.4 Å². The monoisotopic (exact) mass is 425 g/mol. The van der Waals surface area contributed by atoms with Crippen LogP contribution in [0.4, 0.5) is 4.39 Å². The first-order valence-corrected chi connectivity index (χ1v) is 9.76. The van der Waals surface area contributed by atoms with Crippen LogP contribution >= 0.6 is 0 Å². The van der Waals surface area contributed by atoms with E-state index in [2.05, 4.69) is 10.1 Å². The fraction of sp³-hybridized carbons (Fsp3) is 0.304. The summed E-state index contributed by atoms with van der Waals surface area (Å²) in [6.07, 6.45) is 1.47. The van der Waals surface area contributed by atoms with E-state index < -0.39 is 22.8 Å². The van der Waals surface area contributed by atoms with Gasteiger partial charge in [0.05, 0.1) is 29.7 Å². The van der Waals surface area contributed by atoms with E-state index in [1.54, 1.807) is 32.9 Å². The number of benzene rings is 1. The highest BCUT2D eigenvalue weighted by molar-refractivity contribution is 5.96. The van der Waals surface area contributed by atoms with Crippen molar-refractivity contribution in [2.75, 3.05) is 7.11 Å². The first-order valence-electron chi connectivity index (χ1n) is 9.76. The molecule has 1 aromatic carbocycles. The van der Waals surface area contributed by atoms with Crippen LogP contribution in [0.25, 0.3) is 16.9 Å². The highest BCUT2D eigenvalue weighted by Crippen LogP contribution is 2.23. The van der Waals surface area contributed by atoms with Crippen LogP contribution in [-0.4, -0.2) is 38.4 Å². The van der Waals surface area contributed by atoms with Crippen LogP contribution in [0.2, 0.25) is 0 Å². The van der Waals surface area contributed by atoms with Crippen molar-refractivity contribution in [2.24, 2.45) is 5.92 Å². The van der Waals surface area contributed by atoms with E-state index in [0.29, 0.717) is 17.1 Å². The van der Waals surface area contributed by atoms with Crippen LogP contribution < -0.4 is 10.3 Å². The zero-order valence-electron chi connectivity index (χ0n) is 17.8. The Labute approximate surface area is 179 Å². The summed E-state index contributed by atoms with van der Waals surface area (Å²) in [7, 11) is 1.49. The summed E-state index contributed by atoms with van der Waals surface area (Å²) < 4.78 is 19.9. The summed E-state index contributed by atoms with van der Waals surface area (Å²) in [6.45, 7) is 4.95. The van der Waals surface area contributed by atoms with Crippen molar-refractivity contribution in [1.82, 2.24) is 14.8 Å². The van der Waals surface area contributed by atoms with Crippen molar-refractivity contribution in [3.8, 4) is 22.8 Å². The van der Waals surface area contributed by atoms with Crippen LogP contribution in [0.15, 0.2) is 53.5 Å². The van der Waals surface area contributed by atoms with E-state index in [1.165, 1.54) is 37.6 Å². The van der Waals surface area contributed by atoms with Crippen molar-refractivity contribution in [2.45, 2.75) is 32.8 Å². The molecule has 2 heterocycles. The lowest BCUT2D eigenvalue weighted by molar-refractivity contribution is 0.0213. The van der Waals surface area contributed by atoms with E-state index in [4.69, 9.17) is 4.74 Å². The van der Waals surface area contributed by atoms with E-state index in [1.807, 2.05) is 0 Å². The number of Topliss-reactive ketones (excluding diaryl/α,β-unsaturated/α-hetero) is 1. The van der Waals surface area contributed by atoms with Gasteiger partial charge in [-0.2, -0.15) is 9.78 Å². The van der Waals surface area contributed by atoms with Crippen LogP contribution in [0.1, 0.15) is 37.6 Å². The Morgan fingerprint density at radius 2 is 2.00 bits per heavy atom. The molecule has 1 atom stereocenters. The van der Waals surface area contributed by atoms with Gasteiger partial charge < -0.3 is 9.84 Å². The third kappa shape index (κ3) is 5.03. The van der Waals surface area contributed by atoms with Crippen LogP contribution in [0.3, 0.4) is 0 Å². The number of methoxy groups -OCH3 is 1. The molecule has 0 aliphatic carbocycles. The number of ether oxygens (including phenoxy) is 1. The number of halogens is 1. The number of ketones is 1. The normalized spacial score (nSPS) is 12.5. The fourth-order valence-corrected chi connectivity index (χ4v) is 2.91. The fourth-order valence-electron chi connectivity index (χ4n) is 2.91.